The van der Waals surface area contributed by atoms with Crippen molar-refractivity contribution in [1.82, 2.24) is 20.1 Å². The fourth-order valence-electron chi connectivity index (χ4n) is 1.22. The zero-order chi connectivity index (χ0) is 12.0. The first-order chi connectivity index (χ1) is 7.61. The molecule has 0 aliphatic carbocycles. The fourth-order valence-corrected chi connectivity index (χ4v) is 1.81. The van der Waals surface area contributed by atoms with E-state index in [1.165, 1.54) is 11.0 Å². The average Bonchev–Trinajstić information content (AvgIpc) is 2.60. The first kappa shape index (κ1) is 12.8. The van der Waals surface area contributed by atoms with Gasteiger partial charge in [0, 0.05) is 6.04 Å². The van der Waals surface area contributed by atoms with Crippen LogP contribution in [-0.2, 0) is 11.3 Å². The van der Waals surface area contributed by atoms with E-state index in [2.05, 4.69) is 15.4 Å². The van der Waals surface area contributed by atoms with Crippen LogP contribution < -0.4 is 11.1 Å². The molecule has 6 nitrogen and oxygen atoms in total. The molecule has 0 fully saturated rings. The van der Waals surface area contributed by atoms with Crippen LogP contribution in [0.4, 0.5) is 5.95 Å². The van der Waals surface area contributed by atoms with E-state index < -0.39 is 0 Å². The summed E-state index contributed by atoms with van der Waals surface area (Å²) in [6.45, 7) is 2.15. The van der Waals surface area contributed by atoms with Gasteiger partial charge in [0.2, 0.25) is 11.9 Å². The number of rotatable bonds is 6. The Hall–Kier alpha value is -1.24. The number of aromatic nitrogens is 3. The maximum Gasteiger partial charge on any atom is 0.242 e. The summed E-state index contributed by atoms with van der Waals surface area (Å²) < 4.78 is 1.42. The van der Waals surface area contributed by atoms with Gasteiger partial charge in [-0.2, -0.15) is 11.8 Å². The van der Waals surface area contributed by atoms with Crippen LogP contribution in [0.15, 0.2) is 6.33 Å². The molecule has 1 amide bonds. The molecule has 1 heterocycles. The molecule has 0 aliphatic heterocycles. The summed E-state index contributed by atoms with van der Waals surface area (Å²) >= 11 is 1.77. The minimum atomic E-state index is -0.0708. The highest BCUT2D eigenvalue weighted by atomic mass is 32.2. The Bertz CT molecular complexity index is 340. The Morgan fingerprint density at radius 1 is 1.75 bits per heavy atom. The van der Waals surface area contributed by atoms with Crippen LogP contribution in [0.25, 0.3) is 0 Å². The van der Waals surface area contributed by atoms with Crippen LogP contribution in [-0.4, -0.2) is 38.7 Å². The van der Waals surface area contributed by atoms with Crippen molar-refractivity contribution in [3.63, 3.8) is 0 Å². The Morgan fingerprint density at radius 3 is 3.06 bits per heavy atom. The number of nitrogens with two attached hydrogens (primary N) is 1. The van der Waals surface area contributed by atoms with Crippen molar-refractivity contribution in [3.05, 3.63) is 6.33 Å². The van der Waals surface area contributed by atoms with E-state index in [0.717, 1.165) is 12.2 Å². The van der Waals surface area contributed by atoms with Crippen LogP contribution in [0, 0.1) is 0 Å². The zero-order valence-corrected chi connectivity index (χ0v) is 10.3. The smallest absolute Gasteiger partial charge is 0.242 e. The van der Waals surface area contributed by atoms with Crippen LogP contribution in [0.1, 0.15) is 13.3 Å². The standard InChI is InChI=1S/C9H17N5OS/c1-7(3-4-16-2)12-8(15)5-14-6-11-9(10)13-14/h6-7H,3-5H2,1-2H3,(H2,10,13)(H,12,15). The number of anilines is 1. The van der Waals surface area contributed by atoms with E-state index >= 15 is 0 Å². The molecule has 0 radical (unpaired) electrons. The van der Waals surface area contributed by atoms with E-state index in [-0.39, 0.29) is 24.4 Å². The van der Waals surface area contributed by atoms with Crippen molar-refractivity contribution in [3.8, 4) is 0 Å². The largest absolute Gasteiger partial charge is 0.367 e. The third-order valence-electron chi connectivity index (χ3n) is 2.02. The molecule has 0 bridgehead atoms. The molecule has 3 N–H and O–H groups in total. The van der Waals surface area contributed by atoms with Gasteiger partial charge in [0.1, 0.15) is 12.9 Å². The van der Waals surface area contributed by atoms with Gasteiger partial charge < -0.3 is 11.1 Å². The van der Waals surface area contributed by atoms with Gasteiger partial charge in [-0.3, -0.25) is 4.79 Å². The number of hydrogen-bond donors (Lipinski definition) is 2. The minimum Gasteiger partial charge on any atom is -0.367 e. The number of hydrogen-bond acceptors (Lipinski definition) is 5. The van der Waals surface area contributed by atoms with Gasteiger partial charge >= 0.3 is 0 Å². The summed E-state index contributed by atoms with van der Waals surface area (Å²) in [6.07, 6.45) is 4.46. The molecular formula is C9H17N5OS. The molecule has 0 aromatic carbocycles. The number of nitrogens with one attached hydrogen (secondary N) is 1. The number of nitrogen functional groups attached to an aromatic ring is 1. The second-order valence-corrected chi connectivity index (χ2v) is 4.54. The van der Waals surface area contributed by atoms with Crippen LogP contribution in [0.2, 0.25) is 0 Å². The summed E-state index contributed by atoms with van der Waals surface area (Å²) in [5, 5.41) is 6.73. The molecule has 1 rings (SSSR count). The molecule has 0 aliphatic rings. The third-order valence-corrected chi connectivity index (χ3v) is 2.67. The van der Waals surface area contributed by atoms with Crippen molar-refractivity contribution < 1.29 is 4.79 Å². The summed E-state index contributed by atoms with van der Waals surface area (Å²) in [6, 6.07) is 0.181. The summed E-state index contributed by atoms with van der Waals surface area (Å²) in [5.41, 5.74) is 5.34. The molecular weight excluding hydrogens is 226 g/mol. The molecule has 16 heavy (non-hydrogen) atoms. The Kier molecular flexibility index (Phi) is 5.10. The lowest BCUT2D eigenvalue weighted by Crippen LogP contribution is -2.35. The first-order valence-corrected chi connectivity index (χ1v) is 6.44. The maximum atomic E-state index is 11.5. The fraction of sp³-hybridized carbons (Fsp3) is 0.667. The zero-order valence-electron chi connectivity index (χ0n) is 9.51. The Balaban J connectivity index is 2.30. The molecule has 1 atom stereocenters. The van der Waals surface area contributed by atoms with E-state index in [9.17, 15) is 4.79 Å². The molecule has 1 aromatic rings. The highest BCUT2D eigenvalue weighted by Crippen LogP contribution is 1.99. The molecule has 7 heteroatoms. The van der Waals surface area contributed by atoms with Crippen LogP contribution >= 0.6 is 11.8 Å². The van der Waals surface area contributed by atoms with Gasteiger partial charge in [-0.1, -0.05) is 0 Å². The molecule has 0 spiro atoms. The van der Waals surface area contributed by atoms with Crippen molar-refractivity contribution >= 4 is 23.6 Å². The summed E-state index contributed by atoms with van der Waals surface area (Å²) in [5.74, 6) is 1.15. The lowest BCUT2D eigenvalue weighted by Gasteiger charge is -2.12. The lowest BCUT2D eigenvalue weighted by molar-refractivity contribution is -0.122. The van der Waals surface area contributed by atoms with E-state index in [4.69, 9.17) is 5.73 Å². The average molecular weight is 243 g/mol. The molecule has 1 unspecified atom stereocenters. The summed E-state index contributed by atoms with van der Waals surface area (Å²) in [4.78, 5) is 15.3. The van der Waals surface area contributed by atoms with Gasteiger partial charge in [-0.25, -0.2) is 9.67 Å². The Labute approximate surface area is 99.0 Å². The van der Waals surface area contributed by atoms with Gasteiger partial charge in [-0.05, 0) is 25.4 Å². The van der Waals surface area contributed by atoms with Crippen LogP contribution in [0.3, 0.4) is 0 Å². The number of nitrogens with zero attached hydrogens (tertiary/aromatic N) is 3. The number of amides is 1. The SMILES string of the molecule is CSCCC(C)NC(=O)Cn1cnc(N)n1. The third kappa shape index (κ3) is 4.52. The topological polar surface area (TPSA) is 85.8 Å². The first-order valence-electron chi connectivity index (χ1n) is 5.05. The second kappa shape index (κ2) is 6.37. The minimum absolute atomic E-state index is 0.0708. The predicted octanol–water partition coefficient (Wildman–Crippen LogP) is 0.118. The molecule has 0 saturated heterocycles. The number of thioether (sulfide) groups is 1. The normalized spacial score (nSPS) is 12.4. The predicted molar refractivity (Wildman–Crippen MR) is 65.0 cm³/mol. The highest BCUT2D eigenvalue weighted by molar-refractivity contribution is 7.98. The quantitative estimate of drug-likeness (QED) is 0.741. The maximum absolute atomic E-state index is 11.5. The van der Waals surface area contributed by atoms with Gasteiger partial charge in [0.15, 0.2) is 0 Å². The lowest BCUT2D eigenvalue weighted by atomic mass is 10.2. The number of carbonyl (C=O) groups excluding carboxylic acids is 1. The number of carbonyl (C=O) groups is 1. The van der Waals surface area contributed by atoms with E-state index in [1.807, 2.05) is 13.2 Å². The van der Waals surface area contributed by atoms with E-state index in [1.54, 1.807) is 11.8 Å². The van der Waals surface area contributed by atoms with Gasteiger partial charge in [-0.15, -0.1) is 5.10 Å². The monoisotopic (exact) mass is 243 g/mol. The highest BCUT2D eigenvalue weighted by Gasteiger charge is 2.08. The Morgan fingerprint density at radius 2 is 2.50 bits per heavy atom. The molecule has 1 aromatic heterocycles. The van der Waals surface area contributed by atoms with E-state index in [0.29, 0.717) is 0 Å². The van der Waals surface area contributed by atoms with Crippen LogP contribution in [0.5, 0.6) is 0 Å². The molecule has 90 valence electrons. The van der Waals surface area contributed by atoms with Crippen molar-refractivity contribution in [2.75, 3.05) is 17.7 Å². The summed E-state index contributed by atoms with van der Waals surface area (Å²) in [7, 11) is 0. The van der Waals surface area contributed by atoms with Gasteiger partial charge in [0.25, 0.3) is 0 Å². The van der Waals surface area contributed by atoms with Crippen molar-refractivity contribution in [2.45, 2.75) is 25.9 Å². The van der Waals surface area contributed by atoms with Crippen molar-refractivity contribution in [1.29, 1.82) is 0 Å². The van der Waals surface area contributed by atoms with Gasteiger partial charge in [0.05, 0.1) is 0 Å². The van der Waals surface area contributed by atoms with Crippen molar-refractivity contribution in [2.24, 2.45) is 0 Å². The molecule has 0 saturated carbocycles. The second-order valence-electron chi connectivity index (χ2n) is 3.55.